The SMILES string of the molecule is CCCNCCC=C(C)C1CCOC2(CCOC2)C1. The molecule has 0 amide bonds. The molecule has 1 spiro atoms. The summed E-state index contributed by atoms with van der Waals surface area (Å²) in [5.41, 5.74) is 1.59. The molecular weight excluding hydrogens is 238 g/mol. The van der Waals surface area contributed by atoms with Crippen LogP contribution in [0.25, 0.3) is 0 Å². The van der Waals surface area contributed by atoms with Crippen molar-refractivity contribution in [3.05, 3.63) is 11.6 Å². The number of hydrogen-bond acceptors (Lipinski definition) is 3. The van der Waals surface area contributed by atoms with E-state index in [-0.39, 0.29) is 5.60 Å². The van der Waals surface area contributed by atoms with Crippen molar-refractivity contribution in [2.45, 2.75) is 51.6 Å². The van der Waals surface area contributed by atoms with Gasteiger partial charge in [0.25, 0.3) is 0 Å². The van der Waals surface area contributed by atoms with Gasteiger partial charge in [0.1, 0.15) is 0 Å². The maximum atomic E-state index is 6.00. The molecule has 2 aliphatic rings. The van der Waals surface area contributed by atoms with Gasteiger partial charge in [-0.3, -0.25) is 0 Å². The molecule has 0 aromatic rings. The molecule has 2 atom stereocenters. The summed E-state index contributed by atoms with van der Waals surface area (Å²) in [6, 6.07) is 0. The number of allylic oxidation sites excluding steroid dienone is 1. The normalized spacial score (nSPS) is 32.1. The maximum absolute atomic E-state index is 6.00. The molecule has 2 rings (SSSR count). The van der Waals surface area contributed by atoms with Crippen molar-refractivity contribution in [1.82, 2.24) is 5.32 Å². The van der Waals surface area contributed by atoms with Crippen LogP contribution >= 0.6 is 0 Å². The summed E-state index contributed by atoms with van der Waals surface area (Å²) in [4.78, 5) is 0. The average molecular weight is 267 g/mol. The zero-order valence-electron chi connectivity index (χ0n) is 12.5. The number of rotatable bonds is 6. The second-order valence-corrected chi connectivity index (χ2v) is 6.01. The molecule has 3 heteroatoms. The number of ether oxygens (including phenoxy) is 2. The quantitative estimate of drug-likeness (QED) is 0.593. The van der Waals surface area contributed by atoms with Crippen LogP contribution in [0.2, 0.25) is 0 Å². The Labute approximate surface area is 117 Å². The van der Waals surface area contributed by atoms with E-state index in [1.807, 2.05) is 0 Å². The Morgan fingerprint density at radius 2 is 2.26 bits per heavy atom. The van der Waals surface area contributed by atoms with Crippen LogP contribution in [0, 0.1) is 5.92 Å². The first-order valence-corrected chi connectivity index (χ1v) is 7.85. The molecule has 2 heterocycles. The summed E-state index contributed by atoms with van der Waals surface area (Å²) in [5, 5.41) is 3.45. The molecule has 2 aliphatic heterocycles. The minimum Gasteiger partial charge on any atom is -0.378 e. The second-order valence-electron chi connectivity index (χ2n) is 6.01. The first-order chi connectivity index (χ1) is 9.26. The van der Waals surface area contributed by atoms with Crippen LogP contribution < -0.4 is 5.32 Å². The van der Waals surface area contributed by atoms with Crippen molar-refractivity contribution in [2.75, 3.05) is 32.9 Å². The van der Waals surface area contributed by atoms with Gasteiger partial charge in [0.15, 0.2) is 0 Å². The highest BCUT2D eigenvalue weighted by Crippen LogP contribution is 2.38. The van der Waals surface area contributed by atoms with E-state index in [4.69, 9.17) is 9.47 Å². The van der Waals surface area contributed by atoms with Crippen molar-refractivity contribution in [2.24, 2.45) is 5.92 Å². The van der Waals surface area contributed by atoms with E-state index in [1.54, 1.807) is 5.57 Å². The fourth-order valence-electron chi connectivity index (χ4n) is 3.15. The first-order valence-electron chi connectivity index (χ1n) is 7.85. The lowest BCUT2D eigenvalue weighted by molar-refractivity contribution is -0.0925. The van der Waals surface area contributed by atoms with E-state index >= 15 is 0 Å². The summed E-state index contributed by atoms with van der Waals surface area (Å²) in [6.07, 6.45) is 8.18. The topological polar surface area (TPSA) is 30.5 Å². The molecule has 0 aromatic carbocycles. The number of nitrogens with one attached hydrogen (secondary N) is 1. The highest BCUT2D eigenvalue weighted by Gasteiger charge is 2.41. The van der Waals surface area contributed by atoms with Crippen molar-refractivity contribution in [3.8, 4) is 0 Å². The van der Waals surface area contributed by atoms with Crippen LogP contribution in [0.1, 0.15) is 46.0 Å². The van der Waals surface area contributed by atoms with Gasteiger partial charge in [-0.2, -0.15) is 0 Å². The second kappa shape index (κ2) is 7.41. The van der Waals surface area contributed by atoms with Crippen LogP contribution in [-0.2, 0) is 9.47 Å². The predicted octanol–water partition coefficient (Wildman–Crippen LogP) is 2.91. The maximum Gasteiger partial charge on any atom is 0.0942 e. The minimum atomic E-state index is 0.0402. The smallest absolute Gasteiger partial charge is 0.0942 e. The van der Waals surface area contributed by atoms with Gasteiger partial charge in [-0.1, -0.05) is 18.6 Å². The van der Waals surface area contributed by atoms with Gasteiger partial charge >= 0.3 is 0 Å². The number of hydrogen-bond donors (Lipinski definition) is 1. The summed E-state index contributed by atoms with van der Waals surface area (Å²) in [5.74, 6) is 0.696. The third-order valence-electron chi connectivity index (χ3n) is 4.42. The third kappa shape index (κ3) is 4.30. The van der Waals surface area contributed by atoms with Crippen LogP contribution in [0.5, 0.6) is 0 Å². The lowest BCUT2D eigenvalue weighted by Gasteiger charge is -2.37. The van der Waals surface area contributed by atoms with Crippen LogP contribution in [0.15, 0.2) is 11.6 Å². The van der Waals surface area contributed by atoms with Crippen molar-refractivity contribution >= 4 is 0 Å². The Morgan fingerprint density at radius 3 is 3.00 bits per heavy atom. The van der Waals surface area contributed by atoms with E-state index in [9.17, 15) is 0 Å². The monoisotopic (exact) mass is 267 g/mol. The molecular formula is C16H29NO2. The van der Waals surface area contributed by atoms with Gasteiger partial charge in [-0.05, 0) is 51.6 Å². The zero-order chi connectivity index (χ0) is 13.6. The van der Waals surface area contributed by atoms with E-state index in [0.29, 0.717) is 5.92 Å². The van der Waals surface area contributed by atoms with Crippen LogP contribution in [-0.4, -0.2) is 38.5 Å². The fraction of sp³-hybridized carbons (Fsp3) is 0.875. The van der Waals surface area contributed by atoms with Gasteiger partial charge in [0.05, 0.1) is 12.2 Å². The lowest BCUT2D eigenvalue weighted by atomic mass is 9.81. The average Bonchev–Trinajstić information content (AvgIpc) is 2.86. The van der Waals surface area contributed by atoms with Crippen LogP contribution in [0.3, 0.4) is 0 Å². The summed E-state index contributed by atoms with van der Waals surface area (Å²) < 4.78 is 11.5. The molecule has 0 aliphatic carbocycles. The van der Waals surface area contributed by atoms with Gasteiger partial charge in [0, 0.05) is 19.6 Å². The molecule has 0 radical (unpaired) electrons. The Balaban J connectivity index is 1.78. The van der Waals surface area contributed by atoms with Gasteiger partial charge < -0.3 is 14.8 Å². The van der Waals surface area contributed by atoms with Crippen molar-refractivity contribution in [1.29, 1.82) is 0 Å². The molecule has 3 nitrogen and oxygen atoms in total. The van der Waals surface area contributed by atoms with Crippen molar-refractivity contribution in [3.63, 3.8) is 0 Å². The Morgan fingerprint density at radius 1 is 1.37 bits per heavy atom. The van der Waals surface area contributed by atoms with E-state index in [2.05, 4.69) is 25.2 Å². The molecule has 110 valence electrons. The Hall–Kier alpha value is -0.380. The molecule has 0 aromatic heterocycles. The summed E-state index contributed by atoms with van der Waals surface area (Å²) in [6.45, 7) is 9.30. The molecule has 1 N–H and O–H groups in total. The molecule has 2 saturated heterocycles. The molecule has 19 heavy (non-hydrogen) atoms. The third-order valence-corrected chi connectivity index (χ3v) is 4.42. The van der Waals surface area contributed by atoms with E-state index < -0.39 is 0 Å². The minimum absolute atomic E-state index is 0.0402. The highest BCUT2D eigenvalue weighted by atomic mass is 16.6. The molecule has 2 fully saturated rings. The van der Waals surface area contributed by atoms with Gasteiger partial charge in [-0.25, -0.2) is 0 Å². The van der Waals surface area contributed by atoms with Crippen molar-refractivity contribution < 1.29 is 9.47 Å². The molecule has 2 unspecified atom stereocenters. The zero-order valence-corrected chi connectivity index (χ0v) is 12.5. The molecule has 0 bridgehead atoms. The lowest BCUT2D eigenvalue weighted by Crippen LogP contribution is -2.40. The molecule has 0 saturated carbocycles. The Kier molecular flexibility index (Phi) is 5.86. The van der Waals surface area contributed by atoms with E-state index in [0.717, 1.165) is 52.2 Å². The summed E-state index contributed by atoms with van der Waals surface area (Å²) in [7, 11) is 0. The fourth-order valence-corrected chi connectivity index (χ4v) is 3.15. The Bertz CT molecular complexity index is 295. The predicted molar refractivity (Wildman–Crippen MR) is 78.4 cm³/mol. The van der Waals surface area contributed by atoms with Crippen LogP contribution in [0.4, 0.5) is 0 Å². The largest absolute Gasteiger partial charge is 0.378 e. The van der Waals surface area contributed by atoms with Gasteiger partial charge in [-0.15, -0.1) is 0 Å². The first kappa shape index (κ1) is 15.0. The highest BCUT2D eigenvalue weighted by molar-refractivity contribution is 5.08. The standard InChI is InChI=1S/C16H29NO2/c1-3-8-17-9-4-5-14(2)15-6-10-19-16(12-15)7-11-18-13-16/h5,15,17H,3-4,6-13H2,1-2H3. The van der Waals surface area contributed by atoms with E-state index in [1.165, 1.54) is 12.8 Å². The van der Waals surface area contributed by atoms with Gasteiger partial charge in [0.2, 0.25) is 0 Å². The summed E-state index contributed by atoms with van der Waals surface area (Å²) >= 11 is 0.